The molecule has 0 aliphatic rings. The number of para-hydroxylation sites is 2. The second-order valence-corrected chi connectivity index (χ2v) is 5.48. The van der Waals surface area contributed by atoms with Gasteiger partial charge in [-0.15, -0.1) is 5.10 Å². The molecule has 0 spiro atoms. The summed E-state index contributed by atoms with van der Waals surface area (Å²) in [6.45, 7) is 2.92. The summed E-state index contributed by atoms with van der Waals surface area (Å²) < 4.78 is 2.09. The Kier molecular flexibility index (Phi) is 3.49. The van der Waals surface area contributed by atoms with Crippen molar-refractivity contribution in [3.05, 3.63) is 70.6 Å². The number of benzene rings is 2. The summed E-state index contributed by atoms with van der Waals surface area (Å²) in [5.74, 6) is 0. The number of rotatable bonds is 4. The van der Waals surface area contributed by atoms with E-state index in [-0.39, 0.29) is 5.43 Å². The van der Waals surface area contributed by atoms with Crippen LogP contribution in [0.25, 0.3) is 21.8 Å². The zero-order valence-corrected chi connectivity index (χ0v) is 13.2. The number of fused-ring (bicyclic) bond motifs is 2. The Balaban J connectivity index is 1.94. The predicted octanol–water partition coefficient (Wildman–Crippen LogP) is 2.24. The Morgan fingerprint density at radius 3 is 2.25 bits per heavy atom. The summed E-state index contributed by atoms with van der Waals surface area (Å²) >= 11 is 0. The molecular formula is C18H16N4O2. The Hall–Kier alpha value is -3.15. The molecule has 0 amide bonds. The third-order valence-electron chi connectivity index (χ3n) is 3.98. The summed E-state index contributed by atoms with van der Waals surface area (Å²) in [7, 11) is 0. The van der Waals surface area contributed by atoms with E-state index in [1.54, 1.807) is 6.20 Å². The Labute approximate surface area is 137 Å². The maximum Gasteiger partial charge on any atom is 0.197 e. The number of hydrogen-bond acceptors (Lipinski definition) is 4. The molecule has 6 heteroatoms. The molecule has 2 aromatic carbocycles. The third kappa shape index (κ3) is 2.32. The number of nitrogens with zero attached hydrogens (tertiary/aromatic N) is 4. The Bertz CT molecular complexity index is 1020. The van der Waals surface area contributed by atoms with E-state index in [0.29, 0.717) is 23.9 Å². The van der Waals surface area contributed by atoms with Gasteiger partial charge >= 0.3 is 0 Å². The van der Waals surface area contributed by atoms with Gasteiger partial charge in [-0.2, -0.15) is 0 Å². The van der Waals surface area contributed by atoms with Gasteiger partial charge < -0.3 is 9.40 Å². The molecule has 0 N–H and O–H groups in total. The van der Waals surface area contributed by atoms with Crippen molar-refractivity contribution >= 4 is 21.8 Å². The van der Waals surface area contributed by atoms with E-state index in [2.05, 4.69) is 14.9 Å². The molecule has 0 radical (unpaired) electrons. The van der Waals surface area contributed by atoms with E-state index < -0.39 is 0 Å². The molecule has 6 nitrogen and oxygen atoms in total. The standard InChI is InChI=1S/C18H16N4O2/c1-2-24-22-12-13(19-20-22)11-21-16-9-5-3-7-14(16)18(23)15-8-4-6-10-17(15)21/h3-10,12H,2,11H2,1H3. The first-order valence-electron chi connectivity index (χ1n) is 7.82. The first kappa shape index (κ1) is 14.4. The van der Waals surface area contributed by atoms with Crippen LogP contribution in [0.1, 0.15) is 12.6 Å². The third-order valence-corrected chi connectivity index (χ3v) is 3.98. The maximum atomic E-state index is 12.7. The van der Waals surface area contributed by atoms with Crippen molar-refractivity contribution in [2.75, 3.05) is 6.61 Å². The molecule has 0 fully saturated rings. The van der Waals surface area contributed by atoms with Crippen LogP contribution in [0.4, 0.5) is 0 Å². The summed E-state index contributed by atoms with van der Waals surface area (Å²) in [6.07, 6.45) is 1.76. The molecule has 0 unspecified atom stereocenters. The quantitative estimate of drug-likeness (QED) is 0.541. The normalized spacial score (nSPS) is 11.2. The average Bonchev–Trinajstić information content (AvgIpc) is 3.06. The van der Waals surface area contributed by atoms with E-state index >= 15 is 0 Å². The fourth-order valence-electron chi connectivity index (χ4n) is 2.96. The summed E-state index contributed by atoms with van der Waals surface area (Å²) in [5, 5.41) is 9.51. The van der Waals surface area contributed by atoms with Crippen LogP contribution in [0.3, 0.4) is 0 Å². The molecule has 2 aromatic heterocycles. The minimum absolute atomic E-state index is 0.0513. The Morgan fingerprint density at radius 1 is 1.00 bits per heavy atom. The van der Waals surface area contributed by atoms with Gasteiger partial charge in [-0.25, -0.2) is 0 Å². The van der Waals surface area contributed by atoms with Crippen molar-refractivity contribution in [3.63, 3.8) is 0 Å². The molecule has 4 rings (SSSR count). The molecule has 0 saturated carbocycles. The van der Waals surface area contributed by atoms with Crippen molar-refractivity contribution in [2.24, 2.45) is 0 Å². The predicted molar refractivity (Wildman–Crippen MR) is 92.0 cm³/mol. The van der Waals surface area contributed by atoms with Crippen molar-refractivity contribution in [2.45, 2.75) is 13.5 Å². The molecule has 24 heavy (non-hydrogen) atoms. The van der Waals surface area contributed by atoms with Crippen LogP contribution in [-0.2, 0) is 6.54 Å². The highest BCUT2D eigenvalue weighted by Crippen LogP contribution is 2.20. The summed E-state index contributed by atoms with van der Waals surface area (Å²) in [4.78, 5) is 19.4. The van der Waals surface area contributed by atoms with Gasteiger partial charge in [-0.1, -0.05) is 29.1 Å². The van der Waals surface area contributed by atoms with Crippen LogP contribution >= 0.6 is 0 Å². The second kappa shape index (κ2) is 5.81. The lowest BCUT2D eigenvalue weighted by Gasteiger charge is -2.13. The molecule has 0 aliphatic carbocycles. The highest BCUT2D eigenvalue weighted by atomic mass is 16.7. The lowest BCUT2D eigenvalue weighted by atomic mass is 10.1. The number of hydrogen-bond donors (Lipinski definition) is 0. The first-order chi connectivity index (χ1) is 11.8. The maximum absolute atomic E-state index is 12.7. The van der Waals surface area contributed by atoms with Crippen LogP contribution in [0.15, 0.2) is 59.5 Å². The van der Waals surface area contributed by atoms with E-state index in [1.165, 1.54) is 4.85 Å². The van der Waals surface area contributed by atoms with Crippen LogP contribution in [-0.4, -0.2) is 26.3 Å². The molecule has 0 aliphatic heterocycles. The van der Waals surface area contributed by atoms with E-state index in [0.717, 1.165) is 16.7 Å². The van der Waals surface area contributed by atoms with E-state index in [9.17, 15) is 4.79 Å². The minimum Gasteiger partial charge on any atom is -0.396 e. The van der Waals surface area contributed by atoms with Gasteiger partial charge in [0.1, 0.15) is 12.3 Å². The molecule has 0 bridgehead atoms. The van der Waals surface area contributed by atoms with Gasteiger partial charge in [0.15, 0.2) is 5.43 Å². The second-order valence-electron chi connectivity index (χ2n) is 5.48. The molecule has 120 valence electrons. The highest BCUT2D eigenvalue weighted by molar-refractivity contribution is 5.93. The SMILES string of the molecule is CCOn1cc(Cn2c3ccccc3c(=O)c3ccccc32)nn1. The van der Waals surface area contributed by atoms with Crippen LogP contribution < -0.4 is 10.3 Å². The Morgan fingerprint density at radius 2 is 1.62 bits per heavy atom. The number of pyridine rings is 1. The lowest BCUT2D eigenvalue weighted by molar-refractivity contribution is 0.0884. The summed E-state index contributed by atoms with van der Waals surface area (Å²) in [6, 6.07) is 15.3. The molecular weight excluding hydrogens is 304 g/mol. The monoisotopic (exact) mass is 320 g/mol. The van der Waals surface area contributed by atoms with Crippen LogP contribution in [0.2, 0.25) is 0 Å². The largest absolute Gasteiger partial charge is 0.396 e. The van der Waals surface area contributed by atoms with Crippen molar-refractivity contribution in [1.29, 1.82) is 0 Å². The average molecular weight is 320 g/mol. The zero-order chi connectivity index (χ0) is 16.5. The lowest BCUT2D eigenvalue weighted by Crippen LogP contribution is -2.12. The molecule has 0 saturated heterocycles. The van der Waals surface area contributed by atoms with Crippen LogP contribution in [0.5, 0.6) is 0 Å². The van der Waals surface area contributed by atoms with Gasteiger partial charge in [-0.3, -0.25) is 4.79 Å². The van der Waals surface area contributed by atoms with Crippen molar-refractivity contribution in [1.82, 2.24) is 19.7 Å². The molecule has 2 heterocycles. The fraction of sp³-hybridized carbons (Fsp3) is 0.167. The minimum atomic E-state index is 0.0513. The van der Waals surface area contributed by atoms with Gasteiger partial charge in [0, 0.05) is 10.8 Å². The smallest absolute Gasteiger partial charge is 0.197 e. The molecule has 4 aromatic rings. The van der Waals surface area contributed by atoms with Gasteiger partial charge in [0.2, 0.25) is 0 Å². The van der Waals surface area contributed by atoms with E-state index in [1.807, 2.05) is 55.5 Å². The van der Waals surface area contributed by atoms with Gasteiger partial charge in [0.25, 0.3) is 0 Å². The van der Waals surface area contributed by atoms with Gasteiger partial charge in [0.05, 0.1) is 23.8 Å². The molecule has 0 atom stereocenters. The fourth-order valence-corrected chi connectivity index (χ4v) is 2.96. The number of aromatic nitrogens is 4. The summed E-state index contributed by atoms with van der Waals surface area (Å²) in [5.41, 5.74) is 2.58. The van der Waals surface area contributed by atoms with Gasteiger partial charge in [-0.05, 0) is 36.4 Å². The van der Waals surface area contributed by atoms with Crippen LogP contribution in [0, 0.1) is 0 Å². The first-order valence-corrected chi connectivity index (χ1v) is 7.82. The topological polar surface area (TPSA) is 61.9 Å². The zero-order valence-electron chi connectivity index (χ0n) is 13.2. The van der Waals surface area contributed by atoms with Crippen molar-refractivity contribution in [3.8, 4) is 0 Å². The van der Waals surface area contributed by atoms with Crippen molar-refractivity contribution < 1.29 is 4.84 Å². The highest BCUT2D eigenvalue weighted by Gasteiger charge is 2.12. The van der Waals surface area contributed by atoms with E-state index in [4.69, 9.17) is 4.84 Å².